The average Bonchev–Trinajstić information content (AvgIpc) is 3.19. The number of fused-ring (bicyclic) bond motifs is 1. The van der Waals surface area contributed by atoms with Gasteiger partial charge in [-0.3, -0.25) is 20.7 Å². The number of piperidine rings is 1. The first-order valence-electron chi connectivity index (χ1n) is 13.8. The molecular weight excluding hydrogens is 414 g/mol. The minimum Gasteiger partial charge on any atom is -0.352 e. The van der Waals surface area contributed by atoms with Gasteiger partial charge in [-0.05, 0) is 82.8 Å². The summed E-state index contributed by atoms with van der Waals surface area (Å²) in [4.78, 5) is 13.3. The zero-order valence-corrected chi connectivity index (χ0v) is 20.7. The molecule has 9 atom stereocenters. The number of hydrogen-bond donors (Lipinski definition) is 6. The highest BCUT2D eigenvalue weighted by molar-refractivity contribution is 5.82. The standard InChI is InChI=1S/C25H47N7O/c1-16-9-10-18(28-24(33)23-19-7-3-4-8-22(19)32(2)31-23)14-21(16)30-25-27-13-11-20(29-25)17-6-5-12-26-15-17/h16-23,25-27,29-31H,3-15H2,1-2H3,(H,28,33). The van der Waals surface area contributed by atoms with Gasteiger partial charge in [0.15, 0.2) is 0 Å². The zero-order chi connectivity index (χ0) is 22.8. The first kappa shape index (κ1) is 23.9. The molecule has 5 aliphatic rings. The van der Waals surface area contributed by atoms with Crippen LogP contribution in [0.3, 0.4) is 0 Å². The Morgan fingerprint density at radius 1 is 1.00 bits per heavy atom. The van der Waals surface area contributed by atoms with Crippen molar-refractivity contribution in [1.29, 1.82) is 0 Å². The lowest BCUT2D eigenvalue weighted by molar-refractivity contribution is -0.125. The van der Waals surface area contributed by atoms with Gasteiger partial charge < -0.3 is 10.6 Å². The van der Waals surface area contributed by atoms with Crippen molar-refractivity contribution in [1.82, 2.24) is 37.0 Å². The van der Waals surface area contributed by atoms with E-state index in [1.807, 2.05) is 0 Å². The van der Waals surface area contributed by atoms with Crippen LogP contribution in [0, 0.1) is 17.8 Å². The van der Waals surface area contributed by atoms with Crippen LogP contribution in [-0.2, 0) is 4.79 Å². The summed E-state index contributed by atoms with van der Waals surface area (Å²) in [6.07, 6.45) is 12.2. The van der Waals surface area contributed by atoms with E-state index in [1.54, 1.807) is 0 Å². The van der Waals surface area contributed by atoms with Crippen molar-refractivity contribution in [2.24, 2.45) is 17.8 Å². The van der Waals surface area contributed by atoms with E-state index in [9.17, 15) is 4.79 Å². The maximum atomic E-state index is 13.3. The lowest BCUT2D eigenvalue weighted by Gasteiger charge is -2.43. The molecule has 0 radical (unpaired) electrons. The predicted molar refractivity (Wildman–Crippen MR) is 131 cm³/mol. The SMILES string of the molecule is CC1CCC(NC(=O)C2NN(C)C3CCCCC23)CC1NC1NCCC(C2CCCNC2)N1. The fourth-order valence-corrected chi connectivity index (χ4v) is 7.30. The monoisotopic (exact) mass is 461 g/mol. The summed E-state index contributed by atoms with van der Waals surface area (Å²) in [5.74, 6) is 2.04. The van der Waals surface area contributed by atoms with E-state index >= 15 is 0 Å². The molecule has 8 nitrogen and oxygen atoms in total. The molecule has 0 aromatic heterocycles. The summed E-state index contributed by atoms with van der Waals surface area (Å²) in [5, 5.41) is 20.6. The number of carbonyl (C=O) groups is 1. The van der Waals surface area contributed by atoms with Crippen molar-refractivity contribution in [3.05, 3.63) is 0 Å². The topological polar surface area (TPSA) is 92.5 Å². The molecule has 33 heavy (non-hydrogen) atoms. The van der Waals surface area contributed by atoms with Crippen LogP contribution in [0.4, 0.5) is 0 Å². The third-order valence-corrected chi connectivity index (χ3v) is 9.34. The number of hydrogen-bond acceptors (Lipinski definition) is 7. The second kappa shape index (κ2) is 10.9. The van der Waals surface area contributed by atoms with Crippen molar-refractivity contribution < 1.29 is 4.79 Å². The Morgan fingerprint density at radius 2 is 1.88 bits per heavy atom. The van der Waals surface area contributed by atoms with Crippen molar-refractivity contribution in [3.8, 4) is 0 Å². The quantitative estimate of drug-likeness (QED) is 0.362. The van der Waals surface area contributed by atoms with Crippen molar-refractivity contribution in [2.75, 3.05) is 26.7 Å². The number of hydrazine groups is 1. The largest absolute Gasteiger partial charge is 0.352 e. The Kier molecular flexibility index (Phi) is 7.89. The highest BCUT2D eigenvalue weighted by Crippen LogP contribution is 2.34. The molecule has 0 aromatic carbocycles. The second-order valence-corrected chi connectivity index (χ2v) is 11.6. The van der Waals surface area contributed by atoms with Crippen LogP contribution >= 0.6 is 0 Å². The molecule has 0 spiro atoms. The van der Waals surface area contributed by atoms with Gasteiger partial charge >= 0.3 is 0 Å². The Balaban J connectivity index is 1.13. The van der Waals surface area contributed by atoms with Crippen LogP contribution in [0.2, 0.25) is 0 Å². The van der Waals surface area contributed by atoms with E-state index in [4.69, 9.17) is 0 Å². The molecule has 5 fully saturated rings. The maximum absolute atomic E-state index is 13.3. The molecule has 188 valence electrons. The second-order valence-electron chi connectivity index (χ2n) is 11.6. The van der Waals surface area contributed by atoms with Gasteiger partial charge in [-0.2, -0.15) is 0 Å². The normalized spacial score (nSPS) is 44.8. The van der Waals surface area contributed by atoms with Crippen LogP contribution in [0.5, 0.6) is 0 Å². The summed E-state index contributed by atoms with van der Waals surface area (Å²) >= 11 is 0. The molecule has 3 aliphatic heterocycles. The van der Waals surface area contributed by atoms with E-state index in [0.717, 1.165) is 38.3 Å². The van der Waals surface area contributed by atoms with Gasteiger partial charge in [0.25, 0.3) is 0 Å². The van der Waals surface area contributed by atoms with Gasteiger partial charge in [0.2, 0.25) is 5.91 Å². The molecule has 2 aliphatic carbocycles. The number of carbonyl (C=O) groups excluding carboxylic acids is 1. The molecule has 2 saturated carbocycles. The number of nitrogens with zero attached hydrogens (tertiary/aromatic N) is 1. The molecule has 1 amide bonds. The number of nitrogens with one attached hydrogen (secondary N) is 6. The van der Waals surface area contributed by atoms with Crippen LogP contribution in [0.25, 0.3) is 0 Å². The molecule has 6 N–H and O–H groups in total. The van der Waals surface area contributed by atoms with Gasteiger partial charge in [0.05, 0.1) is 0 Å². The third kappa shape index (κ3) is 5.57. The van der Waals surface area contributed by atoms with E-state index in [-0.39, 0.29) is 24.3 Å². The van der Waals surface area contributed by atoms with E-state index in [0.29, 0.717) is 30.0 Å². The Labute approximate surface area is 200 Å². The summed E-state index contributed by atoms with van der Waals surface area (Å²) < 4.78 is 0. The van der Waals surface area contributed by atoms with Crippen molar-refractivity contribution >= 4 is 5.91 Å². The van der Waals surface area contributed by atoms with Gasteiger partial charge in [0.1, 0.15) is 12.3 Å². The predicted octanol–water partition coefficient (Wildman–Crippen LogP) is 0.862. The number of amides is 1. The van der Waals surface area contributed by atoms with Crippen LogP contribution in [0.15, 0.2) is 0 Å². The van der Waals surface area contributed by atoms with Crippen LogP contribution < -0.4 is 32.0 Å². The van der Waals surface area contributed by atoms with Crippen LogP contribution in [-0.4, -0.2) is 74.1 Å². The Bertz CT molecular complexity index is 657. The summed E-state index contributed by atoms with van der Waals surface area (Å²) in [7, 11) is 2.11. The molecule has 3 saturated heterocycles. The summed E-state index contributed by atoms with van der Waals surface area (Å²) in [6.45, 7) is 5.74. The summed E-state index contributed by atoms with van der Waals surface area (Å²) in [6, 6.07) is 1.73. The van der Waals surface area contributed by atoms with E-state index < -0.39 is 0 Å². The molecule has 0 aromatic rings. The molecule has 5 rings (SSSR count). The Morgan fingerprint density at radius 3 is 2.73 bits per heavy atom. The molecule has 0 bridgehead atoms. The van der Waals surface area contributed by atoms with Gasteiger partial charge in [-0.1, -0.05) is 19.8 Å². The fourth-order valence-electron chi connectivity index (χ4n) is 7.30. The first-order chi connectivity index (χ1) is 16.1. The fraction of sp³-hybridized carbons (Fsp3) is 0.960. The van der Waals surface area contributed by atoms with E-state index in [1.165, 1.54) is 51.5 Å². The maximum Gasteiger partial charge on any atom is 0.239 e. The first-order valence-corrected chi connectivity index (χ1v) is 13.8. The highest BCUT2D eigenvalue weighted by Gasteiger charge is 2.45. The third-order valence-electron chi connectivity index (χ3n) is 9.34. The van der Waals surface area contributed by atoms with Gasteiger partial charge in [-0.15, -0.1) is 0 Å². The smallest absolute Gasteiger partial charge is 0.239 e. The number of rotatable bonds is 5. The average molecular weight is 462 g/mol. The molecular formula is C25H47N7O. The van der Waals surface area contributed by atoms with Gasteiger partial charge in [-0.25, -0.2) is 10.4 Å². The zero-order valence-electron chi connectivity index (χ0n) is 20.7. The highest BCUT2D eigenvalue weighted by atomic mass is 16.2. The minimum absolute atomic E-state index is 0.0578. The van der Waals surface area contributed by atoms with Crippen LogP contribution in [0.1, 0.15) is 71.1 Å². The lowest BCUT2D eigenvalue weighted by atomic mass is 9.80. The molecule has 8 heteroatoms. The molecule has 3 heterocycles. The van der Waals surface area contributed by atoms with E-state index in [2.05, 4.69) is 51.0 Å². The summed E-state index contributed by atoms with van der Waals surface area (Å²) in [5.41, 5.74) is 3.49. The molecule has 9 unspecified atom stereocenters. The lowest BCUT2D eigenvalue weighted by Crippen LogP contribution is -2.66. The Hall–Kier alpha value is -0.770. The van der Waals surface area contributed by atoms with Gasteiger partial charge in [0, 0.05) is 37.1 Å². The minimum atomic E-state index is -0.0578. The van der Waals surface area contributed by atoms with Crippen molar-refractivity contribution in [2.45, 2.75) is 108 Å². The van der Waals surface area contributed by atoms with Crippen molar-refractivity contribution in [3.63, 3.8) is 0 Å².